The van der Waals surface area contributed by atoms with Gasteiger partial charge < -0.3 is 9.80 Å². The minimum absolute atomic E-state index is 0.0618. The lowest BCUT2D eigenvalue weighted by molar-refractivity contribution is -0.132. The molecule has 1 aromatic rings. The minimum Gasteiger partial charge on any atom is -0.347 e. The molecule has 0 N–H and O–H groups in total. The van der Waals surface area contributed by atoms with Gasteiger partial charge in [0.25, 0.3) is 0 Å². The van der Waals surface area contributed by atoms with Gasteiger partial charge in [-0.2, -0.15) is 4.31 Å². The molecule has 136 valence electrons. The zero-order valence-electron chi connectivity index (χ0n) is 14.5. The van der Waals surface area contributed by atoms with E-state index in [1.165, 1.54) is 21.3 Å². The van der Waals surface area contributed by atoms with Crippen LogP contribution in [-0.4, -0.2) is 62.7 Å². The maximum absolute atomic E-state index is 12.9. The normalized spacial score (nSPS) is 21.8. The molecule has 0 radical (unpaired) electrons. The van der Waals surface area contributed by atoms with Crippen molar-refractivity contribution in [3.05, 3.63) is 24.3 Å². The molecule has 0 spiro atoms. The Balaban J connectivity index is 1.84. The van der Waals surface area contributed by atoms with Gasteiger partial charge in [0.2, 0.25) is 21.8 Å². The zero-order chi connectivity index (χ0) is 18.2. The van der Waals surface area contributed by atoms with Gasteiger partial charge in [-0.05, 0) is 43.5 Å². The van der Waals surface area contributed by atoms with Crippen LogP contribution in [0.1, 0.15) is 25.7 Å². The third kappa shape index (κ3) is 3.28. The molecule has 1 aromatic carbocycles. The summed E-state index contributed by atoms with van der Waals surface area (Å²) in [6.07, 6.45) is 2.56. The van der Waals surface area contributed by atoms with Crippen LogP contribution in [0.25, 0.3) is 0 Å². The first-order valence-electron chi connectivity index (χ1n) is 8.46. The van der Waals surface area contributed by atoms with Crippen LogP contribution in [0.4, 0.5) is 5.69 Å². The van der Waals surface area contributed by atoms with Crippen LogP contribution >= 0.6 is 0 Å². The highest BCUT2D eigenvalue weighted by atomic mass is 32.2. The quantitative estimate of drug-likeness (QED) is 0.799. The highest BCUT2D eigenvalue weighted by Gasteiger charge is 2.40. The summed E-state index contributed by atoms with van der Waals surface area (Å²) in [5, 5.41) is 0. The van der Waals surface area contributed by atoms with E-state index in [-0.39, 0.29) is 16.7 Å². The number of amides is 2. The molecule has 0 aromatic heterocycles. The van der Waals surface area contributed by atoms with Crippen LogP contribution in [0, 0.1) is 0 Å². The number of anilines is 1. The Bertz CT molecular complexity index is 774. The first kappa shape index (κ1) is 17.9. The fraction of sp³-hybridized carbons (Fsp3) is 0.529. The van der Waals surface area contributed by atoms with Crippen molar-refractivity contribution in [2.24, 2.45) is 0 Å². The Morgan fingerprint density at radius 3 is 2.36 bits per heavy atom. The van der Waals surface area contributed by atoms with E-state index < -0.39 is 16.1 Å². The van der Waals surface area contributed by atoms with Gasteiger partial charge in [0.15, 0.2) is 0 Å². The Morgan fingerprint density at radius 2 is 1.80 bits per heavy atom. The van der Waals surface area contributed by atoms with E-state index in [1.807, 2.05) is 0 Å². The molecular formula is C17H23N3O4S. The van der Waals surface area contributed by atoms with E-state index in [9.17, 15) is 18.0 Å². The molecule has 2 aliphatic heterocycles. The molecular weight excluding hydrogens is 342 g/mol. The summed E-state index contributed by atoms with van der Waals surface area (Å²) in [6.45, 7) is 1.01. The minimum atomic E-state index is -3.74. The third-order valence-corrected chi connectivity index (χ3v) is 6.68. The van der Waals surface area contributed by atoms with Crippen molar-refractivity contribution in [1.29, 1.82) is 0 Å². The lowest BCUT2D eigenvalue weighted by Crippen LogP contribution is -2.45. The van der Waals surface area contributed by atoms with Gasteiger partial charge in [0.05, 0.1) is 4.90 Å². The molecule has 8 heteroatoms. The Kier molecular flexibility index (Phi) is 4.83. The zero-order valence-corrected chi connectivity index (χ0v) is 15.3. The molecule has 0 saturated carbocycles. The standard InChI is InChI=1S/C17H23N3O4S/c1-18(2)17(22)15-5-3-12-20(15)25(23,24)14-9-7-13(8-10-14)19-11-4-6-16(19)21/h7-10,15H,3-6,11-12H2,1-2H3. The van der Waals surface area contributed by atoms with Crippen molar-refractivity contribution in [1.82, 2.24) is 9.21 Å². The molecule has 7 nitrogen and oxygen atoms in total. The molecule has 1 unspecified atom stereocenters. The molecule has 2 aliphatic rings. The van der Waals surface area contributed by atoms with Crippen molar-refractivity contribution in [3.8, 4) is 0 Å². The lowest BCUT2D eigenvalue weighted by Gasteiger charge is -2.25. The van der Waals surface area contributed by atoms with Crippen LogP contribution in [0.3, 0.4) is 0 Å². The molecule has 2 saturated heterocycles. The molecule has 25 heavy (non-hydrogen) atoms. The van der Waals surface area contributed by atoms with Crippen LogP contribution in [0.5, 0.6) is 0 Å². The number of hydrogen-bond donors (Lipinski definition) is 0. The van der Waals surface area contributed by atoms with E-state index in [0.29, 0.717) is 38.0 Å². The lowest BCUT2D eigenvalue weighted by atomic mass is 10.2. The SMILES string of the molecule is CN(C)C(=O)C1CCCN1S(=O)(=O)c1ccc(N2CCCC2=O)cc1. The maximum atomic E-state index is 12.9. The van der Waals surface area contributed by atoms with E-state index in [2.05, 4.69) is 0 Å². The monoisotopic (exact) mass is 365 g/mol. The fourth-order valence-electron chi connectivity index (χ4n) is 3.43. The molecule has 1 atom stereocenters. The van der Waals surface area contributed by atoms with Crippen LogP contribution in [0.15, 0.2) is 29.2 Å². The summed E-state index contributed by atoms with van der Waals surface area (Å²) in [4.78, 5) is 27.3. The largest absolute Gasteiger partial charge is 0.347 e. The number of nitrogens with zero attached hydrogens (tertiary/aromatic N) is 3. The number of benzene rings is 1. The maximum Gasteiger partial charge on any atom is 0.243 e. The Morgan fingerprint density at radius 1 is 1.12 bits per heavy atom. The summed E-state index contributed by atoms with van der Waals surface area (Å²) in [7, 11) is -0.473. The number of carbonyl (C=O) groups excluding carboxylic acids is 2. The second-order valence-electron chi connectivity index (χ2n) is 6.65. The smallest absolute Gasteiger partial charge is 0.243 e. The number of carbonyl (C=O) groups is 2. The predicted molar refractivity (Wildman–Crippen MR) is 93.6 cm³/mol. The second-order valence-corrected chi connectivity index (χ2v) is 8.54. The number of sulfonamides is 1. The molecule has 0 aliphatic carbocycles. The third-order valence-electron chi connectivity index (χ3n) is 4.76. The average molecular weight is 365 g/mol. The van der Waals surface area contributed by atoms with Gasteiger partial charge in [-0.25, -0.2) is 8.42 Å². The predicted octanol–water partition coefficient (Wildman–Crippen LogP) is 1.05. The van der Waals surface area contributed by atoms with Crippen LogP contribution in [0.2, 0.25) is 0 Å². The van der Waals surface area contributed by atoms with Crippen molar-refractivity contribution in [3.63, 3.8) is 0 Å². The number of hydrogen-bond acceptors (Lipinski definition) is 4. The summed E-state index contributed by atoms with van der Waals surface area (Å²) in [5.74, 6) is -0.132. The molecule has 2 heterocycles. The summed E-state index contributed by atoms with van der Waals surface area (Å²) >= 11 is 0. The molecule has 3 rings (SSSR count). The van der Waals surface area contributed by atoms with E-state index in [1.54, 1.807) is 31.1 Å². The summed E-state index contributed by atoms with van der Waals surface area (Å²) < 4.78 is 27.2. The first-order valence-corrected chi connectivity index (χ1v) is 9.90. The average Bonchev–Trinajstić information content (AvgIpc) is 3.23. The van der Waals surface area contributed by atoms with Crippen molar-refractivity contribution < 1.29 is 18.0 Å². The van der Waals surface area contributed by atoms with Crippen molar-refractivity contribution in [2.75, 3.05) is 32.1 Å². The van der Waals surface area contributed by atoms with Crippen molar-refractivity contribution >= 4 is 27.5 Å². The molecule has 0 bridgehead atoms. The Labute approximate surface area is 148 Å². The highest BCUT2D eigenvalue weighted by molar-refractivity contribution is 7.89. The van der Waals surface area contributed by atoms with Gasteiger partial charge in [0, 0.05) is 39.3 Å². The summed E-state index contributed by atoms with van der Waals surface area (Å²) in [6, 6.07) is 5.72. The van der Waals surface area contributed by atoms with Crippen LogP contribution in [-0.2, 0) is 19.6 Å². The summed E-state index contributed by atoms with van der Waals surface area (Å²) in [5.41, 5.74) is 0.712. The van der Waals surface area contributed by atoms with Crippen LogP contribution < -0.4 is 4.90 Å². The number of likely N-dealkylation sites (N-methyl/N-ethyl adjacent to an activating group) is 1. The van der Waals surface area contributed by atoms with E-state index in [0.717, 1.165) is 6.42 Å². The van der Waals surface area contributed by atoms with Gasteiger partial charge in [-0.3, -0.25) is 9.59 Å². The van der Waals surface area contributed by atoms with Gasteiger partial charge in [-0.15, -0.1) is 0 Å². The first-order chi connectivity index (χ1) is 11.8. The van der Waals surface area contributed by atoms with Crippen molar-refractivity contribution in [2.45, 2.75) is 36.6 Å². The van der Waals surface area contributed by atoms with E-state index >= 15 is 0 Å². The Hall–Kier alpha value is -1.93. The van der Waals surface area contributed by atoms with Gasteiger partial charge in [-0.1, -0.05) is 0 Å². The van der Waals surface area contributed by atoms with Gasteiger partial charge >= 0.3 is 0 Å². The topological polar surface area (TPSA) is 78.0 Å². The molecule has 2 fully saturated rings. The highest BCUT2D eigenvalue weighted by Crippen LogP contribution is 2.29. The van der Waals surface area contributed by atoms with Gasteiger partial charge in [0.1, 0.15) is 6.04 Å². The second kappa shape index (κ2) is 6.76. The van der Waals surface area contributed by atoms with E-state index in [4.69, 9.17) is 0 Å². The number of rotatable bonds is 4. The molecule has 2 amide bonds. The fourth-order valence-corrected chi connectivity index (χ4v) is 5.08.